The summed E-state index contributed by atoms with van der Waals surface area (Å²) in [6.45, 7) is 1.44. The monoisotopic (exact) mass is 311 g/mol. The lowest BCUT2D eigenvalue weighted by Crippen LogP contribution is -2.05. The van der Waals surface area contributed by atoms with Crippen LogP contribution in [0.25, 0.3) is 11.5 Å². The van der Waals surface area contributed by atoms with Gasteiger partial charge >= 0.3 is 0 Å². The first-order valence-corrected chi connectivity index (χ1v) is 7.05. The summed E-state index contributed by atoms with van der Waals surface area (Å²) < 4.78 is 18.2. The van der Waals surface area contributed by atoms with Gasteiger partial charge in [-0.3, -0.25) is 4.79 Å². The van der Waals surface area contributed by atoms with Crippen molar-refractivity contribution in [2.45, 2.75) is 13.3 Å². The fraction of sp³-hybridized carbons (Fsp3) is 0.118. The third kappa shape index (κ3) is 3.79. The Morgan fingerprint density at radius 3 is 2.74 bits per heavy atom. The van der Waals surface area contributed by atoms with Crippen LogP contribution in [0, 0.1) is 5.82 Å². The number of carbonyl (C=O) groups is 1. The lowest BCUT2D eigenvalue weighted by atomic mass is 10.1. The van der Waals surface area contributed by atoms with E-state index >= 15 is 0 Å². The predicted octanol–water partition coefficient (Wildman–Crippen LogP) is 3.42. The molecule has 0 aliphatic rings. The normalized spacial score (nSPS) is 10.5. The molecule has 0 aliphatic heterocycles. The van der Waals surface area contributed by atoms with E-state index < -0.39 is 0 Å². The smallest absolute Gasteiger partial charge is 0.258 e. The van der Waals surface area contributed by atoms with E-state index in [1.807, 2.05) is 6.07 Å². The quantitative estimate of drug-likeness (QED) is 0.801. The third-order valence-corrected chi connectivity index (χ3v) is 3.17. The molecule has 6 heteroatoms. The second kappa shape index (κ2) is 6.39. The van der Waals surface area contributed by atoms with Crippen LogP contribution in [-0.2, 0) is 11.2 Å². The zero-order chi connectivity index (χ0) is 16.2. The standard InChI is InChI=1S/C17H14FN3O2/c1-11(22)19-15-4-2-3-13(10-15)17-20-16(21-23-17)9-12-5-7-14(18)8-6-12/h2-8,10H,9H2,1H3,(H,19,22). The highest BCUT2D eigenvalue weighted by Gasteiger charge is 2.10. The first kappa shape index (κ1) is 14.9. The van der Waals surface area contributed by atoms with Crippen LogP contribution in [0.3, 0.4) is 0 Å². The number of hydrogen-bond acceptors (Lipinski definition) is 4. The van der Waals surface area contributed by atoms with Crippen molar-refractivity contribution in [2.24, 2.45) is 0 Å². The number of nitrogens with zero attached hydrogens (tertiary/aromatic N) is 2. The number of nitrogens with one attached hydrogen (secondary N) is 1. The van der Waals surface area contributed by atoms with Crippen LogP contribution in [0.1, 0.15) is 18.3 Å². The summed E-state index contributed by atoms with van der Waals surface area (Å²) in [7, 11) is 0. The van der Waals surface area contributed by atoms with E-state index in [1.165, 1.54) is 19.1 Å². The Labute approximate surface area is 132 Å². The van der Waals surface area contributed by atoms with Crippen molar-refractivity contribution < 1.29 is 13.7 Å². The number of carbonyl (C=O) groups excluding carboxylic acids is 1. The van der Waals surface area contributed by atoms with Crippen molar-refractivity contribution >= 4 is 11.6 Å². The Kier molecular flexibility index (Phi) is 4.14. The maximum atomic E-state index is 12.9. The molecule has 2 aromatic carbocycles. The summed E-state index contributed by atoms with van der Waals surface area (Å²) in [5.41, 5.74) is 2.27. The molecule has 1 amide bonds. The van der Waals surface area contributed by atoms with Gasteiger partial charge in [0.25, 0.3) is 5.89 Å². The molecule has 0 bridgehead atoms. The number of halogens is 1. The van der Waals surface area contributed by atoms with E-state index in [1.54, 1.807) is 30.3 Å². The molecule has 0 radical (unpaired) electrons. The highest BCUT2D eigenvalue weighted by molar-refractivity contribution is 5.89. The number of rotatable bonds is 4. The number of hydrogen-bond donors (Lipinski definition) is 1. The average Bonchev–Trinajstić information content (AvgIpc) is 2.98. The minimum absolute atomic E-state index is 0.148. The molecule has 1 heterocycles. The van der Waals surface area contributed by atoms with Gasteiger partial charge in [-0.25, -0.2) is 4.39 Å². The molecule has 0 atom stereocenters. The van der Waals surface area contributed by atoms with Gasteiger partial charge in [0.1, 0.15) is 5.82 Å². The maximum Gasteiger partial charge on any atom is 0.258 e. The van der Waals surface area contributed by atoms with Crippen molar-refractivity contribution in [1.82, 2.24) is 10.1 Å². The van der Waals surface area contributed by atoms with Crippen LogP contribution in [0.15, 0.2) is 53.1 Å². The molecule has 3 aromatic rings. The topological polar surface area (TPSA) is 68.0 Å². The minimum Gasteiger partial charge on any atom is -0.334 e. The third-order valence-electron chi connectivity index (χ3n) is 3.17. The van der Waals surface area contributed by atoms with Gasteiger partial charge in [-0.1, -0.05) is 23.4 Å². The fourth-order valence-electron chi connectivity index (χ4n) is 2.16. The van der Waals surface area contributed by atoms with E-state index in [-0.39, 0.29) is 11.7 Å². The van der Waals surface area contributed by atoms with E-state index in [4.69, 9.17) is 4.52 Å². The SMILES string of the molecule is CC(=O)Nc1cccc(-c2nc(Cc3ccc(F)cc3)no2)c1. The molecule has 0 spiro atoms. The van der Waals surface area contributed by atoms with Gasteiger partial charge < -0.3 is 9.84 Å². The molecular formula is C17H14FN3O2. The summed E-state index contributed by atoms with van der Waals surface area (Å²) in [5.74, 6) is 0.452. The summed E-state index contributed by atoms with van der Waals surface area (Å²) in [4.78, 5) is 15.4. The molecule has 0 saturated heterocycles. The summed E-state index contributed by atoms with van der Waals surface area (Å²) in [6.07, 6.45) is 0.454. The van der Waals surface area contributed by atoms with Crippen LogP contribution < -0.4 is 5.32 Å². The summed E-state index contributed by atoms with van der Waals surface area (Å²) in [5, 5.41) is 6.64. The van der Waals surface area contributed by atoms with Crippen LogP contribution in [0.2, 0.25) is 0 Å². The first-order chi connectivity index (χ1) is 11.1. The highest BCUT2D eigenvalue weighted by atomic mass is 19.1. The summed E-state index contributed by atoms with van der Waals surface area (Å²) in [6, 6.07) is 13.3. The number of anilines is 1. The Hall–Kier alpha value is -3.02. The minimum atomic E-state index is -0.280. The van der Waals surface area contributed by atoms with Crippen LogP contribution in [0.5, 0.6) is 0 Å². The van der Waals surface area contributed by atoms with Crippen LogP contribution in [-0.4, -0.2) is 16.0 Å². The molecule has 0 unspecified atom stereocenters. The maximum absolute atomic E-state index is 12.9. The van der Waals surface area contributed by atoms with Crippen molar-refractivity contribution in [2.75, 3.05) is 5.32 Å². The molecule has 116 valence electrons. The Morgan fingerprint density at radius 1 is 1.22 bits per heavy atom. The first-order valence-electron chi connectivity index (χ1n) is 7.05. The molecule has 0 saturated carbocycles. The van der Waals surface area contributed by atoms with Crippen molar-refractivity contribution in [3.63, 3.8) is 0 Å². The van der Waals surface area contributed by atoms with Crippen LogP contribution in [0.4, 0.5) is 10.1 Å². The van der Waals surface area contributed by atoms with Crippen molar-refractivity contribution in [3.05, 3.63) is 65.7 Å². The molecule has 1 aromatic heterocycles. The number of aromatic nitrogens is 2. The van der Waals surface area contributed by atoms with E-state index in [0.717, 1.165) is 5.56 Å². The lowest BCUT2D eigenvalue weighted by molar-refractivity contribution is -0.114. The van der Waals surface area contributed by atoms with E-state index in [0.29, 0.717) is 29.4 Å². The zero-order valence-electron chi connectivity index (χ0n) is 12.4. The number of amides is 1. The van der Waals surface area contributed by atoms with Gasteiger partial charge in [0.2, 0.25) is 5.91 Å². The van der Waals surface area contributed by atoms with Crippen molar-refractivity contribution in [3.8, 4) is 11.5 Å². The largest absolute Gasteiger partial charge is 0.334 e. The fourth-order valence-corrected chi connectivity index (χ4v) is 2.16. The summed E-state index contributed by atoms with van der Waals surface area (Å²) >= 11 is 0. The molecule has 3 rings (SSSR count). The van der Waals surface area contributed by atoms with Gasteiger partial charge in [0, 0.05) is 24.6 Å². The lowest BCUT2D eigenvalue weighted by Gasteiger charge is -2.02. The molecular weight excluding hydrogens is 297 g/mol. The Balaban J connectivity index is 1.78. The molecule has 0 aliphatic carbocycles. The van der Waals surface area contributed by atoms with E-state index in [2.05, 4.69) is 15.5 Å². The Morgan fingerprint density at radius 2 is 2.00 bits per heavy atom. The molecule has 5 nitrogen and oxygen atoms in total. The number of benzene rings is 2. The Bertz CT molecular complexity index is 828. The zero-order valence-corrected chi connectivity index (χ0v) is 12.4. The molecule has 0 fully saturated rings. The van der Waals surface area contributed by atoms with Gasteiger partial charge in [-0.2, -0.15) is 4.98 Å². The van der Waals surface area contributed by atoms with E-state index in [9.17, 15) is 9.18 Å². The molecule has 1 N–H and O–H groups in total. The van der Waals surface area contributed by atoms with Crippen molar-refractivity contribution in [1.29, 1.82) is 0 Å². The van der Waals surface area contributed by atoms with Gasteiger partial charge in [0.05, 0.1) is 0 Å². The van der Waals surface area contributed by atoms with Crippen LogP contribution >= 0.6 is 0 Å². The highest BCUT2D eigenvalue weighted by Crippen LogP contribution is 2.21. The van der Waals surface area contributed by atoms with Gasteiger partial charge in [0.15, 0.2) is 5.82 Å². The van der Waals surface area contributed by atoms with Gasteiger partial charge in [-0.05, 0) is 35.9 Å². The molecule has 23 heavy (non-hydrogen) atoms. The average molecular weight is 311 g/mol. The van der Waals surface area contributed by atoms with Gasteiger partial charge in [-0.15, -0.1) is 0 Å². The predicted molar refractivity (Wildman–Crippen MR) is 83.2 cm³/mol. The second-order valence-corrected chi connectivity index (χ2v) is 5.08. The second-order valence-electron chi connectivity index (χ2n) is 5.08.